The van der Waals surface area contributed by atoms with Crippen LogP contribution in [-0.4, -0.2) is 32.0 Å². The highest BCUT2D eigenvalue weighted by Gasteiger charge is 2.34. The minimum Gasteiger partial charge on any atom is -0.497 e. The first-order valence-corrected chi connectivity index (χ1v) is 8.37. The highest BCUT2D eigenvalue weighted by atomic mass is 16.5. The first-order valence-electron chi connectivity index (χ1n) is 8.37. The Morgan fingerprint density at radius 3 is 2.65 bits per heavy atom. The van der Waals surface area contributed by atoms with Crippen LogP contribution >= 0.6 is 0 Å². The molecule has 126 valence electrons. The van der Waals surface area contributed by atoms with Crippen LogP contribution in [0, 0.1) is 5.92 Å². The fourth-order valence-electron chi connectivity index (χ4n) is 2.80. The third kappa shape index (κ3) is 4.71. The summed E-state index contributed by atoms with van der Waals surface area (Å²) in [5.41, 5.74) is 0.814. The Balaban J connectivity index is 1.84. The molecule has 0 bridgehead atoms. The highest BCUT2D eigenvalue weighted by Crippen LogP contribution is 2.26. The van der Waals surface area contributed by atoms with Gasteiger partial charge in [0, 0.05) is 25.2 Å². The Labute approximate surface area is 138 Å². The molecule has 0 aromatic heterocycles. The van der Waals surface area contributed by atoms with Crippen molar-refractivity contribution < 1.29 is 14.3 Å². The molecule has 0 spiro atoms. The minimum atomic E-state index is -0.254. The lowest BCUT2D eigenvalue weighted by atomic mass is 10.1. The molecule has 0 saturated carbocycles. The van der Waals surface area contributed by atoms with E-state index in [9.17, 15) is 9.59 Å². The monoisotopic (exact) mass is 318 g/mol. The van der Waals surface area contributed by atoms with Gasteiger partial charge in [-0.25, -0.2) is 0 Å². The molecule has 1 aromatic carbocycles. The number of unbranched alkanes of at least 4 members (excludes halogenated alkanes) is 3. The van der Waals surface area contributed by atoms with Crippen LogP contribution in [0.5, 0.6) is 5.75 Å². The molecular weight excluding hydrogens is 292 g/mol. The standard InChI is InChI=1S/C18H26N2O3/c1-3-4-5-6-11-19-18(22)14-12-17(21)20(13-14)15-7-9-16(23-2)10-8-15/h7-10,14H,3-6,11-13H2,1-2H3,(H,19,22)/t14-/m1/s1. The number of carbonyl (C=O) groups is 2. The van der Waals surface area contributed by atoms with Crippen molar-refractivity contribution in [3.8, 4) is 5.75 Å². The lowest BCUT2D eigenvalue weighted by Crippen LogP contribution is -2.33. The number of benzene rings is 1. The molecule has 1 saturated heterocycles. The Morgan fingerprint density at radius 1 is 1.26 bits per heavy atom. The summed E-state index contributed by atoms with van der Waals surface area (Å²) in [4.78, 5) is 26.0. The number of nitrogens with one attached hydrogen (secondary N) is 1. The van der Waals surface area contributed by atoms with Gasteiger partial charge in [0.05, 0.1) is 13.0 Å². The van der Waals surface area contributed by atoms with Crippen molar-refractivity contribution in [1.82, 2.24) is 5.32 Å². The lowest BCUT2D eigenvalue weighted by Gasteiger charge is -2.17. The van der Waals surface area contributed by atoms with Gasteiger partial charge in [-0.1, -0.05) is 26.2 Å². The number of ether oxygens (including phenoxy) is 1. The molecule has 1 aliphatic rings. The van der Waals surface area contributed by atoms with Gasteiger partial charge >= 0.3 is 0 Å². The van der Waals surface area contributed by atoms with Crippen molar-refractivity contribution in [1.29, 1.82) is 0 Å². The second-order valence-electron chi connectivity index (χ2n) is 5.96. The van der Waals surface area contributed by atoms with Crippen molar-refractivity contribution in [2.75, 3.05) is 25.1 Å². The summed E-state index contributed by atoms with van der Waals surface area (Å²) in [6.45, 7) is 3.31. The van der Waals surface area contributed by atoms with Gasteiger partial charge in [-0.3, -0.25) is 9.59 Å². The van der Waals surface area contributed by atoms with Gasteiger partial charge in [-0.15, -0.1) is 0 Å². The molecule has 1 atom stereocenters. The Kier molecular flexibility index (Phi) is 6.44. The molecule has 1 heterocycles. The molecule has 5 heteroatoms. The lowest BCUT2D eigenvalue weighted by molar-refractivity contribution is -0.126. The molecular formula is C18H26N2O3. The van der Waals surface area contributed by atoms with E-state index in [2.05, 4.69) is 12.2 Å². The largest absolute Gasteiger partial charge is 0.497 e. The molecule has 0 aliphatic carbocycles. The Morgan fingerprint density at radius 2 is 2.00 bits per heavy atom. The average molecular weight is 318 g/mol. The van der Waals surface area contributed by atoms with Crippen molar-refractivity contribution in [3.05, 3.63) is 24.3 Å². The predicted octanol–water partition coefficient (Wildman–Crippen LogP) is 2.74. The molecule has 1 fully saturated rings. The zero-order valence-corrected chi connectivity index (χ0v) is 14.0. The minimum absolute atomic E-state index is 0.00120. The van der Waals surface area contributed by atoms with E-state index < -0.39 is 0 Å². The van der Waals surface area contributed by atoms with E-state index in [-0.39, 0.29) is 24.2 Å². The summed E-state index contributed by atoms with van der Waals surface area (Å²) in [6.07, 6.45) is 4.80. The summed E-state index contributed by atoms with van der Waals surface area (Å²) < 4.78 is 5.12. The quantitative estimate of drug-likeness (QED) is 0.750. The third-order valence-electron chi connectivity index (χ3n) is 4.21. The van der Waals surface area contributed by atoms with Crippen LogP contribution in [0.4, 0.5) is 5.69 Å². The molecule has 0 radical (unpaired) electrons. The number of rotatable bonds is 8. The van der Waals surface area contributed by atoms with Gasteiger partial charge in [0.2, 0.25) is 11.8 Å². The number of hydrogen-bond acceptors (Lipinski definition) is 3. The van der Waals surface area contributed by atoms with E-state index in [0.717, 1.165) is 24.3 Å². The predicted molar refractivity (Wildman–Crippen MR) is 90.6 cm³/mol. The number of hydrogen-bond donors (Lipinski definition) is 1. The molecule has 5 nitrogen and oxygen atoms in total. The first-order chi connectivity index (χ1) is 11.2. The van der Waals surface area contributed by atoms with Crippen LogP contribution in [0.1, 0.15) is 39.0 Å². The summed E-state index contributed by atoms with van der Waals surface area (Å²) >= 11 is 0. The second kappa shape index (κ2) is 8.56. The fraction of sp³-hybridized carbons (Fsp3) is 0.556. The van der Waals surface area contributed by atoms with Crippen molar-refractivity contribution >= 4 is 17.5 Å². The van der Waals surface area contributed by atoms with Crippen LogP contribution < -0.4 is 15.0 Å². The maximum absolute atomic E-state index is 12.2. The number of carbonyl (C=O) groups excluding carboxylic acids is 2. The fourth-order valence-corrected chi connectivity index (χ4v) is 2.80. The number of anilines is 1. The van der Waals surface area contributed by atoms with Crippen molar-refractivity contribution in [2.24, 2.45) is 5.92 Å². The number of methoxy groups -OCH3 is 1. The number of amides is 2. The van der Waals surface area contributed by atoms with E-state index in [1.54, 1.807) is 12.0 Å². The van der Waals surface area contributed by atoms with E-state index in [0.29, 0.717) is 13.1 Å². The van der Waals surface area contributed by atoms with E-state index in [1.807, 2.05) is 24.3 Å². The maximum Gasteiger partial charge on any atom is 0.227 e. The summed E-state index contributed by atoms with van der Waals surface area (Å²) in [5, 5.41) is 2.96. The molecule has 0 unspecified atom stereocenters. The van der Waals surface area contributed by atoms with E-state index >= 15 is 0 Å². The average Bonchev–Trinajstić information content (AvgIpc) is 2.96. The van der Waals surface area contributed by atoms with Gasteiger partial charge in [-0.05, 0) is 30.7 Å². The van der Waals surface area contributed by atoms with Crippen LogP contribution in [0.25, 0.3) is 0 Å². The van der Waals surface area contributed by atoms with Gasteiger partial charge in [0.1, 0.15) is 5.75 Å². The topological polar surface area (TPSA) is 58.6 Å². The van der Waals surface area contributed by atoms with Crippen LogP contribution in [-0.2, 0) is 9.59 Å². The third-order valence-corrected chi connectivity index (χ3v) is 4.21. The zero-order chi connectivity index (χ0) is 16.7. The SMILES string of the molecule is CCCCCCNC(=O)[C@@H]1CC(=O)N(c2ccc(OC)cc2)C1. The van der Waals surface area contributed by atoms with Gasteiger partial charge in [0.15, 0.2) is 0 Å². The summed E-state index contributed by atoms with van der Waals surface area (Å²) in [7, 11) is 1.61. The number of nitrogens with zero attached hydrogens (tertiary/aromatic N) is 1. The molecule has 1 aromatic rings. The molecule has 1 N–H and O–H groups in total. The van der Waals surface area contributed by atoms with Gasteiger partial charge < -0.3 is 15.0 Å². The smallest absolute Gasteiger partial charge is 0.227 e. The van der Waals surface area contributed by atoms with E-state index in [1.165, 1.54) is 12.8 Å². The molecule has 23 heavy (non-hydrogen) atoms. The van der Waals surface area contributed by atoms with Crippen molar-refractivity contribution in [3.63, 3.8) is 0 Å². The maximum atomic E-state index is 12.2. The molecule has 1 aliphatic heterocycles. The molecule has 2 rings (SSSR count). The summed E-state index contributed by atoms with van der Waals surface area (Å²) in [6, 6.07) is 7.34. The van der Waals surface area contributed by atoms with Crippen molar-refractivity contribution in [2.45, 2.75) is 39.0 Å². The van der Waals surface area contributed by atoms with Crippen LogP contribution in [0.15, 0.2) is 24.3 Å². The normalized spacial score (nSPS) is 17.4. The second-order valence-corrected chi connectivity index (χ2v) is 5.96. The van der Waals surface area contributed by atoms with E-state index in [4.69, 9.17) is 4.74 Å². The van der Waals surface area contributed by atoms with Gasteiger partial charge in [0.25, 0.3) is 0 Å². The van der Waals surface area contributed by atoms with Crippen LogP contribution in [0.3, 0.4) is 0 Å². The highest BCUT2D eigenvalue weighted by molar-refractivity contribution is 6.00. The summed E-state index contributed by atoms with van der Waals surface area (Å²) in [5.74, 6) is 0.490. The Hall–Kier alpha value is -2.04. The first kappa shape index (κ1) is 17.3. The zero-order valence-electron chi connectivity index (χ0n) is 14.0. The Bertz CT molecular complexity index is 528. The van der Waals surface area contributed by atoms with Gasteiger partial charge in [-0.2, -0.15) is 0 Å². The van der Waals surface area contributed by atoms with Crippen LogP contribution in [0.2, 0.25) is 0 Å². The molecule has 2 amide bonds.